The highest BCUT2D eigenvalue weighted by Gasteiger charge is 2.47. The summed E-state index contributed by atoms with van der Waals surface area (Å²) in [7, 11) is 0. The molecule has 3 aromatic rings. The molecular formula is C23H20N2O3S. The Kier molecular flexibility index (Phi) is 5.64. The van der Waals surface area contributed by atoms with E-state index in [0.717, 1.165) is 0 Å². The van der Waals surface area contributed by atoms with E-state index in [2.05, 4.69) is 0 Å². The Hall–Kier alpha value is -3.09. The molecule has 29 heavy (non-hydrogen) atoms. The number of hydrogen-bond acceptors (Lipinski definition) is 3. The second-order valence-corrected chi connectivity index (χ2v) is 8.25. The molecule has 6 heteroatoms. The van der Waals surface area contributed by atoms with E-state index in [9.17, 15) is 14.1 Å². The summed E-state index contributed by atoms with van der Waals surface area (Å²) in [5.74, 6) is -1.20. The van der Waals surface area contributed by atoms with Gasteiger partial charge in [0.25, 0.3) is 11.8 Å². The lowest BCUT2D eigenvalue weighted by Gasteiger charge is -2.27. The number of carbonyl (C=O) groups excluding carboxylic acids is 2. The molecule has 1 heterocycles. The van der Waals surface area contributed by atoms with Crippen molar-refractivity contribution in [3.8, 4) is 0 Å². The zero-order valence-electron chi connectivity index (χ0n) is 15.7. The van der Waals surface area contributed by atoms with E-state index in [0.29, 0.717) is 16.3 Å². The van der Waals surface area contributed by atoms with Gasteiger partial charge in [0.15, 0.2) is 4.90 Å². The first-order valence-corrected chi connectivity index (χ1v) is 10.7. The summed E-state index contributed by atoms with van der Waals surface area (Å²) in [6.07, 6.45) is 0.228. The summed E-state index contributed by atoms with van der Waals surface area (Å²) in [4.78, 5) is 27.1. The number of hydrazine groups is 1. The van der Waals surface area contributed by atoms with Crippen LogP contribution in [-0.2, 0) is 20.8 Å². The minimum atomic E-state index is -1.26. The summed E-state index contributed by atoms with van der Waals surface area (Å²) in [5.41, 5.74) is 1.25. The van der Waals surface area contributed by atoms with Crippen molar-refractivity contribution in [2.75, 3.05) is 15.8 Å². The highest BCUT2D eigenvalue weighted by molar-refractivity contribution is 7.91. The molecule has 0 N–H and O–H groups in total. The Balaban J connectivity index is 1.60. The normalized spacial score (nSPS) is 15.8. The number of rotatable bonds is 6. The monoisotopic (exact) mass is 404 g/mol. The van der Waals surface area contributed by atoms with Gasteiger partial charge in [-0.05, 0) is 47.6 Å². The van der Waals surface area contributed by atoms with E-state index < -0.39 is 17.1 Å². The van der Waals surface area contributed by atoms with Crippen molar-refractivity contribution in [2.24, 2.45) is 5.92 Å². The predicted octanol–water partition coefficient (Wildman–Crippen LogP) is 3.80. The van der Waals surface area contributed by atoms with E-state index in [1.54, 1.807) is 36.4 Å². The van der Waals surface area contributed by atoms with Gasteiger partial charge in [-0.25, -0.2) is 10.0 Å². The number of nitrogens with zero attached hydrogens (tertiary/aromatic N) is 2. The smallest absolute Gasteiger partial charge is 0.259 e. The first-order chi connectivity index (χ1) is 14.2. The van der Waals surface area contributed by atoms with Crippen molar-refractivity contribution < 1.29 is 14.1 Å². The van der Waals surface area contributed by atoms with Crippen molar-refractivity contribution in [3.63, 3.8) is 0 Å². The van der Waals surface area contributed by atoms with Crippen LogP contribution in [0.4, 0.5) is 11.4 Å². The fourth-order valence-electron chi connectivity index (χ4n) is 3.38. The van der Waals surface area contributed by atoms with Crippen molar-refractivity contribution in [2.45, 2.75) is 11.3 Å². The third-order valence-corrected chi connectivity index (χ3v) is 6.22. The van der Waals surface area contributed by atoms with Crippen LogP contribution in [0.15, 0.2) is 95.9 Å². The van der Waals surface area contributed by atoms with Gasteiger partial charge in [0, 0.05) is 6.42 Å². The van der Waals surface area contributed by atoms with Crippen LogP contribution in [0.5, 0.6) is 0 Å². The first kappa shape index (κ1) is 19.2. The van der Waals surface area contributed by atoms with Crippen molar-refractivity contribution in [1.82, 2.24) is 0 Å². The van der Waals surface area contributed by atoms with Crippen LogP contribution in [0.3, 0.4) is 0 Å². The van der Waals surface area contributed by atoms with E-state index in [4.69, 9.17) is 0 Å². The topological polar surface area (TPSA) is 63.7 Å². The molecule has 0 spiro atoms. The highest BCUT2D eigenvalue weighted by atomic mass is 32.2. The van der Waals surface area contributed by atoms with E-state index in [1.165, 1.54) is 10.0 Å². The fourth-order valence-corrected chi connectivity index (χ4v) is 4.53. The van der Waals surface area contributed by atoms with E-state index >= 15 is 0 Å². The van der Waals surface area contributed by atoms with Crippen molar-refractivity contribution >= 4 is 34.4 Å². The maximum absolute atomic E-state index is 13.2. The summed E-state index contributed by atoms with van der Waals surface area (Å²) in [5, 5.41) is 2.85. The lowest BCUT2D eigenvalue weighted by Crippen LogP contribution is -2.41. The quantitative estimate of drug-likeness (QED) is 0.464. The number of para-hydroxylation sites is 2. The number of amides is 2. The summed E-state index contributed by atoms with van der Waals surface area (Å²) >= 11 is -1.26. The molecule has 1 fully saturated rings. The number of carbonyl (C=O) groups is 2. The van der Waals surface area contributed by atoms with Gasteiger partial charge >= 0.3 is 0 Å². The van der Waals surface area contributed by atoms with Gasteiger partial charge in [0.2, 0.25) is 0 Å². The third-order valence-electron chi connectivity index (χ3n) is 4.81. The molecule has 0 radical (unpaired) electrons. The van der Waals surface area contributed by atoms with Crippen molar-refractivity contribution in [1.29, 1.82) is 0 Å². The Labute approximate surface area is 172 Å². The molecule has 0 unspecified atom stereocenters. The minimum absolute atomic E-state index is 0.228. The number of benzene rings is 3. The molecule has 5 nitrogen and oxygen atoms in total. The van der Waals surface area contributed by atoms with Gasteiger partial charge in [0.1, 0.15) is 11.7 Å². The molecule has 1 aliphatic rings. The third kappa shape index (κ3) is 3.90. The Morgan fingerprint density at radius 2 is 1.10 bits per heavy atom. The molecule has 1 aliphatic heterocycles. The lowest BCUT2D eigenvalue weighted by atomic mass is 10.1. The second kappa shape index (κ2) is 8.51. The minimum Gasteiger partial charge on any atom is -0.611 e. The lowest BCUT2D eigenvalue weighted by molar-refractivity contribution is -0.127. The molecular weight excluding hydrogens is 384 g/mol. The van der Waals surface area contributed by atoms with E-state index in [-0.39, 0.29) is 24.0 Å². The molecule has 1 atom stereocenters. The highest BCUT2D eigenvalue weighted by Crippen LogP contribution is 2.33. The van der Waals surface area contributed by atoms with Gasteiger partial charge < -0.3 is 4.55 Å². The largest absolute Gasteiger partial charge is 0.611 e. The zero-order chi connectivity index (χ0) is 20.2. The first-order valence-electron chi connectivity index (χ1n) is 9.38. The Morgan fingerprint density at radius 3 is 1.55 bits per heavy atom. The van der Waals surface area contributed by atoms with Crippen molar-refractivity contribution in [3.05, 3.63) is 91.0 Å². The SMILES string of the molecule is O=C1C(CC[S@@+]([O-])c2ccccc2)C(=O)N(c2ccccc2)N1c1ccccc1. The summed E-state index contributed by atoms with van der Waals surface area (Å²) in [6.45, 7) is 0. The molecule has 1 saturated heterocycles. The molecule has 0 bridgehead atoms. The second-order valence-electron chi connectivity index (χ2n) is 6.68. The van der Waals surface area contributed by atoms with Crippen LogP contribution in [0.2, 0.25) is 0 Å². The molecule has 0 aliphatic carbocycles. The van der Waals surface area contributed by atoms with Crippen LogP contribution in [0.1, 0.15) is 6.42 Å². The summed E-state index contributed by atoms with van der Waals surface area (Å²) in [6, 6.07) is 27.3. The van der Waals surface area contributed by atoms with E-state index in [1.807, 2.05) is 54.6 Å². The van der Waals surface area contributed by atoms with Gasteiger partial charge in [-0.15, -0.1) is 0 Å². The predicted molar refractivity (Wildman–Crippen MR) is 114 cm³/mol. The van der Waals surface area contributed by atoms with Crippen LogP contribution in [0.25, 0.3) is 0 Å². The molecule has 4 rings (SSSR count). The van der Waals surface area contributed by atoms with Gasteiger partial charge in [-0.3, -0.25) is 9.59 Å². The Morgan fingerprint density at radius 1 is 0.690 bits per heavy atom. The Bertz CT molecular complexity index is 925. The average molecular weight is 404 g/mol. The van der Waals surface area contributed by atoms with Gasteiger partial charge in [-0.2, -0.15) is 0 Å². The number of hydrogen-bond donors (Lipinski definition) is 0. The fraction of sp³-hybridized carbons (Fsp3) is 0.130. The van der Waals surface area contributed by atoms with Crippen LogP contribution in [0, 0.1) is 5.92 Å². The van der Waals surface area contributed by atoms with Crippen LogP contribution in [-0.4, -0.2) is 22.1 Å². The standard InChI is InChI=1S/C23H20N2O3S/c26-22-21(16-17-29(28)20-14-8-3-9-15-20)23(27)25(19-12-6-2-7-13-19)24(22)18-10-4-1-5-11-18/h1-15,21H,16-17H2/t29-/m1/s1. The maximum atomic E-state index is 13.2. The molecule has 3 aromatic carbocycles. The van der Waals surface area contributed by atoms with Gasteiger partial charge in [-0.1, -0.05) is 54.6 Å². The average Bonchev–Trinajstić information content (AvgIpc) is 3.03. The van der Waals surface area contributed by atoms with Crippen LogP contribution >= 0.6 is 0 Å². The zero-order valence-corrected chi connectivity index (χ0v) is 16.5. The molecule has 0 aromatic heterocycles. The summed E-state index contributed by atoms with van der Waals surface area (Å²) < 4.78 is 12.6. The van der Waals surface area contributed by atoms with Gasteiger partial charge in [0.05, 0.1) is 11.4 Å². The molecule has 0 saturated carbocycles. The number of anilines is 2. The molecule has 2 amide bonds. The maximum Gasteiger partial charge on any atom is 0.259 e. The van der Waals surface area contributed by atoms with Crippen LogP contribution < -0.4 is 10.0 Å². The molecule has 146 valence electrons.